The highest BCUT2D eigenvalue weighted by Crippen LogP contribution is 2.32. The lowest BCUT2D eigenvalue weighted by Crippen LogP contribution is -2.36. The molecule has 1 saturated heterocycles. The van der Waals surface area contributed by atoms with Gasteiger partial charge in [-0.15, -0.1) is 0 Å². The Morgan fingerprint density at radius 2 is 1.76 bits per heavy atom. The molecule has 0 aliphatic carbocycles. The third-order valence-electron chi connectivity index (χ3n) is 3.74. The Balaban J connectivity index is 1.65. The van der Waals surface area contributed by atoms with Crippen molar-refractivity contribution in [1.29, 1.82) is 0 Å². The number of hydrogen-bond acceptors (Lipinski definition) is 6. The van der Waals surface area contributed by atoms with E-state index in [0.717, 1.165) is 16.7 Å². The third kappa shape index (κ3) is 5.29. The fourth-order valence-corrected chi connectivity index (χ4v) is 3.30. The van der Waals surface area contributed by atoms with Crippen LogP contribution in [0.2, 0.25) is 0 Å². The second-order valence-corrected chi connectivity index (χ2v) is 6.98. The van der Waals surface area contributed by atoms with E-state index in [-0.39, 0.29) is 4.91 Å². The summed E-state index contributed by atoms with van der Waals surface area (Å²) in [5.41, 5.74) is 0.981. The summed E-state index contributed by atoms with van der Waals surface area (Å²) in [6.07, 6.45) is 1.51. The number of halogens is 1. The summed E-state index contributed by atoms with van der Waals surface area (Å²) in [6.45, 7) is 0.834. The van der Waals surface area contributed by atoms with Gasteiger partial charge in [0.15, 0.2) is 0 Å². The normalized spacial score (nSPS) is 15.0. The quantitative estimate of drug-likeness (QED) is 0.458. The molecule has 9 heteroatoms. The first-order valence-corrected chi connectivity index (χ1v) is 9.23. The Hall–Kier alpha value is -3.46. The molecular formula is C20H15FN2O5S. The Kier molecular flexibility index (Phi) is 6.08. The van der Waals surface area contributed by atoms with Gasteiger partial charge >= 0.3 is 5.97 Å². The van der Waals surface area contributed by atoms with Crippen LogP contribution in [0.15, 0.2) is 53.4 Å². The van der Waals surface area contributed by atoms with Gasteiger partial charge in [0.2, 0.25) is 5.91 Å². The van der Waals surface area contributed by atoms with Crippen LogP contribution in [0.4, 0.5) is 14.9 Å². The molecule has 1 fully saturated rings. The number of thioether (sulfide) groups is 1. The first-order valence-electron chi connectivity index (χ1n) is 8.41. The molecule has 7 nitrogen and oxygen atoms in total. The van der Waals surface area contributed by atoms with E-state index in [1.165, 1.54) is 37.3 Å². The van der Waals surface area contributed by atoms with Gasteiger partial charge in [-0.2, -0.15) is 0 Å². The summed E-state index contributed by atoms with van der Waals surface area (Å²) < 4.78 is 17.8. The standard InChI is InChI=1S/C20H15FN2O5S/c1-12(24)28-16-8-2-13(3-9-16)10-17-19(26)23(20(27)29-17)11-18(25)22-15-6-4-14(21)5-7-15/h2-10H,11H2,1H3,(H,22,25)/b17-10+. The zero-order valence-electron chi connectivity index (χ0n) is 15.2. The van der Waals surface area contributed by atoms with Crippen LogP contribution in [0.3, 0.4) is 0 Å². The van der Waals surface area contributed by atoms with E-state index < -0.39 is 35.4 Å². The Morgan fingerprint density at radius 3 is 2.38 bits per heavy atom. The highest BCUT2D eigenvalue weighted by molar-refractivity contribution is 8.18. The molecule has 1 aliphatic heterocycles. The maximum absolute atomic E-state index is 12.9. The van der Waals surface area contributed by atoms with E-state index in [4.69, 9.17) is 4.74 Å². The zero-order chi connectivity index (χ0) is 21.0. The highest BCUT2D eigenvalue weighted by Gasteiger charge is 2.36. The van der Waals surface area contributed by atoms with Gasteiger partial charge in [-0.25, -0.2) is 4.39 Å². The van der Waals surface area contributed by atoms with Gasteiger partial charge in [0.1, 0.15) is 18.1 Å². The molecule has 1 aliphatic rings. The lowest BCUT2D eigenvalue weighted by atomic mass is 10.2. The van der Waals surface area contributed by atoms with Gasteiger partial charge in [0.25, 0.3) is 11.1 Å². The molecule has 0 spiro atoms. The lowest BCUT2D eigenvalue weighted by molar-refractivity contribution is -0.131. The molecule has 0 radical (unpaired) electrons. The van der Waals surface area contributed by atoms with Gasteiger partial charge < -0.3 is 10.1 Å². The van der Waals surface area contributed by atoms with Crippen LogP contribution >= 0.6 is 11.8 Å². The number of carbonyl (C=O) groups is 4. The second kappa shape index (κ2) is 8.70. The molecule has 0 aromatic heterocycles. The molecule has 29 heavy (non-hydrogen) atoms. The number of hydrogen-bond donors (Lipinski definition) is 1. The number of imide groups is 1. The molecule has 1 N–H and O–H groups in total. The number of rotatable bonds is 5. The summed E-state index contributed by atoms with van der Waals surface area (Å²) in [5.74, 6) is -1.69. The number of nitrogens with one attached hydrogen (secondary N) is 1. The van der Waals surface area contributed by atoms with Crippen molar-refractivity contribution in [3.05, 3.63) is 64.8 Å². The minimum absolute atomic E-state index is 0.171. The van der Waals surface area contributed by atoms with Crippen LogP contribution in [0, 0.1) is 5.82 Å². The molecule has 148 valence electrons. The van der Waals surface area contributed by atoms with Crippen LogP contribution in [0.25, 0.3) is 6.08 Å². The molecule has 0 saturated carbocycles. The van der Waals surface area contributed by atoms with Crippen molar-refractivity contribution in [2.75, 3.05) is 11.9 Å². The number of esters is 1. The first kappa shape index (κ1) is 20.3. The number of carbonyl (C=O) groups excluding carboxylic acids is 4. The van der Waals surface area contributed by atoms with Crippen LogP contribution in [-0.2, 0) is 14.4 Å². The molecule has 0 unspecified atom stereocenters. The van der Waals surface area contributed by atoms with Gasteiger partial charge in [0.05, 0.1) is 4.91 Å². The topological polar surface area (TPSA) is 92.8 Å². The first-order chi connectivity index (χ1) is 13.8. The van der Waals surface area contributed by atoms with Gasteiger partial charge in [-0.1, -0.05) is 12.1 Å². The average molecular weight is 414 g/mol. The molecule has 1 heterocycles. The van der Waals surface area contributed by atoms with Crippen molar-refractivity contribution in [2.24, 2.45) is 0 Å². The Bertz CT molecular complexity index is 1000. The van der Waals surface area contributed by atoms with E-state index in [9.17, 15) is 23.6 Å². The van der Waals surface area contributed by atoms with Crippen molar-refractivity contribution in [3.8, 4) is 5.75 Å². The zero-order valence-corrected chi connectivity index (χ0v) is 16.0. The summed E-state index contributed by atoms with van der Waals surface area (Å²) in [6, 6.07) is 11.5. The van der Waals surface area contributed by atoms with E-state index >= 15 is 0 Å². The molecule has 0 bridgehead atoms. The van der Waals surface area contributed by atoms with Crippen molar-refractivity contribution in [3.63, 3.8) is 0 Å². The van der Waals surface area contributed by atoms with Crippen molar-refractivity contribution < 1.29 is 28.3 Å². The third-order valence-corrected chi connectivity index (χ3v) is 4.65. The molecular weight excluding hydrogens is 399 g/mol. The molecule has 3 amide bonds. The minimum Gasteiger partial charge on any atom is -0.427 e. The summed E-state index contributed by atoms with van der Waals surface area (Å²) >= 11 is 0.725. The van der Waals surface area contributed by atoms with E-state index in [2.05, 4.69) is 5.32 Å². The molecule has 2 aromatic rings. The van der Waals surface area contributed by atoms with E-state index in [1.54, 1.807) is 24.3 Å². The summed E-state index contributed by atoms with van der Waals surface area (Å²) in [4.78, 5) is 48.7. The van der Waals surface area contributed by atoms with Gasteiger partial charge in [0, 0.05) is 12.6 Å². The smallest absolute Gasteiger partial charge is 0.308 e. The largest absolute Gasteiger partial charge is 0.427 e. The van der Waals surface area contributed by atoms with Crippen LogP contribution in [0.5, 0.6) is 5.75 Å². The van der Waals surface area contributed by atoms with Crippen molar-refractivity contribution >= 4 is 46.5 Å². The minimum atomic E-state index is -0.585. The van der Waals surface area contributed by atoms with Crippen LogP contribution < -0.4 is 10.1 Å². The summed E-state index contributed by atoms with van der Waals surface area (Å²) in [7, 11) is 0. The number of nitrogens with zero attached hydrogens (tertiary/aromatic N) is 1. The molecule has 0 atom stereocenters. The fourth-order valence-electron chi connectivity index (χ4n) is 2.46. The van der Waals surface area contributed by atoms with Gasteiger partial charge in [-0.05, 0) is 59.8 Å². The van der Waals surface area contributed by atoms with E-state index in [1.807, 2.05) is 0 Å². The highest BCUT2D eigenvalue weighted by atomic mass is 32.2. The van der Waals surface area contributed by atoms with Crippen LogP contribution in [0.1, 0.15) is 12.5 Å². The molecule has 3 rings (SSSR count). The molecule has 2 aromatic carbocycles. The lowest BCUT2D eigenvalue weighted by Gasteiger charge is -2.12. The number of anilines is 1. The maximum Gasteiger partial charge on any atom is 0.308 e. The van der Waals surface area contributed by atoms with E-state index in [0.29, 0.717) is 17.0 Å². The monoisotopic (exact) mass is 414 g/mol. The Morgan fingerprint density at radius 1 is 1.10 bits per heavy atom. The van der Waals surface area contributed by atoms with Crippen molar-refractivity contribution in [2.45, 2.75) is 6.92 Å². The predicted molar refractivity (Wildman–Crippen MR) is 105 cm³/mol. The van der Waals surface area contributed by atoms with Crippen molar-refractivity contribution in [1.82, 2.24) is 4.90 Å². The fraction of sp³-hybridized carbons (Fsp3) is 0.100. The number of ether oxygens (including phenoxy) is 1. The second-order valence-electron chi connectivity index (χ2n) is 5.99. The SMILES string of the molecule is CC(=O)Oc1ccc(/C=C2/SC(=O)N(CC(=O)Nc3ccc(F)cc3)C2=O)cc1. The average Bonchev–Trinajstić information content (AvgIpc) is 2.92. The maximum atomic E-state index is 12.9. The number of amides is 3. The van der Waals surface area contributed by atoms with Gasteiger partial charge in [-0.3, -0.25) is 24.1 Å². The van der Waals surface area contributed by atoms with Crippen LogP contribution in [-0.4, -0.2) is 34.5 Å². The number of benzene rings is 2. The summed E-state index contributed by atoms with van der Waals surface area (Å²) in [5, 5.41) is 1.94. The predicted octanol–water partition coefficient (Wildman–Crippen LogP) is 3.43. The Labute approximate surface area is 169 Å².